The molecule has 26 heavy (non-hydrogen) atoms. The summed E-state index contributed by atoms with van der Waals surface area (Å²) in [6.07, 6.45) is 0.0844. The van der Waals surface area contributed by atoms with Crippen molar-refractivity contribution in [2.45, 2.75) is 11.3 Å². The lowest BCUT2D eigenvalue weighted by Gasteiger charge is -2.10. The highest BCUT2D eigenvalue weighted by atomic mass is 35.5. The maximum absolute atomic E-state index is 12.8. The molecule has 0 aliphatic rings. The van der Waals surface area contributed by atoms with Gasteiger partial charge < -0.3 is 10.1 Å². The van der Waals surface area contributed by atoms with E-state index in [4.69, 9.17) is 16.3 Å². The monoisotopic (exact) mass is 400 g/mol. The van der Waals surface area contributed by atoms with Gasteiger partial charge in [-0.25, -0.2) is 17.5 Å². The Hall–Kier alpha value is -2.16. The molecule has 0 saturated heterocycles. The van der Waals surface area contributed by atoms with Crippen LogP contribution in [0, 0.1) is 5.82 Å². The van der Waals surface area contributed by atoms with Crippen LogP contribution in [0.15, 0.2) is 47.4 Å². The van der Waals surface area contributed by atoms with Crippen LogP contribution in [0.4, 0.5) is 4.39 Å². The Kier molecular flexibility index (Phi) is 6.96. The van der Waals surface area contributed by atoms with Crippen molar-refractivity contribution in [3.63, 3.8) is 0 Å². The van der Waals surface area contributed by atoms with Gasteiger partial charge in [0.25, 0.3) is 0 Å². The van der Waals surface area contributed by atoms with Gasteiger partial charge in [-0.05, 0) is 35.9 Å². The molecule has 140 valence electrons. The zero-order chi connectivity index (χ0) is 19.2. The number of methoxy groups -OCH3 is 1. The number of amides is 1. The highest BCUT2D eigenvalue weighted by Gasteiger charge is 2.15. The number of benzene rings is 2. The lowest BCUT2D eigenvalue weighted by Crippen LogP contribution is -2.35. The molecule has 0 saturated carbocycles. The Morgan fingerprint density at radius 2 is 1.85 bits per heavy atom. The smallest absolute Gasteiger partial charge is 0.240 e. The predicted molar refractivity (Wildman–Crippen MR) is 96.3 cm³/mol. The molecule has 2 rings (SSSR count). The Balaban J connectivity index is 1.82. The van der Waals surface area contributed by atoms with Crippen molar-refractivity contribution in [2.75, 3.05) is 20.2 Å². The van der Waals surface area contributed by atoms with Crippen molar-refractivity contribution in [1.29, 1.82) is 0 Å². The summed E-state index contributed by atoms with van der Waals surface area (Å²) >= 11 is 5.93. The maximum Gasteiger partial charge on any atom is 0.240 e. The summed E-state index contributed by atoms with van der Waals surface area (Å²) in [5.74, 6) is -0.288. The molecule has 0 fully saturated rings. The van der Waals surface area contributed by atoms with Gasteiger partial charge in [-0.15, -0.1) is 0 Å². The van der Waals surface area contributed by atoms with Crippen LogP contribution in [-0.4, -0.2) is 34.5 Å². The number of halogens is 2. The number of hydrogen-bond donors (Lipinski definition) is 2. The summed E-state index contributed by atoms with van der Waals surface area (Å²) in [6, 6.07) is 9.71. The van der Waals surface area contributed by atoms with E-state index in [2.05, 4.69) is 10.0 Å². The quantitative estimate of drug-likeness (QED) is 0.665. The molecule has 2 aromatic rings. The second-order valence-electron chi connectivity index (χ2n) is 5.35. The van der Waals surface area contributed by atoms with Gasteiger partial charge in [0.05, 0.1) is 23.4 Å². The Bertz CT molecular complexity index is 873. The van der Waals surface area contributed by atoms with E-state index < -0.39 is 10.0 Å². The van der Waals surface area contributed by atoms with Crippen molar-refractivity contribution < 1.29 is 22.3 Å². The molecule has 0 spiro atoms. The molecule has 0 radical (unpaired) electrons. The van der Waals surface area contributed by atoms with E-state index >= 15 is 0 Å². The van der Waals surface area contributed by atoms with E-state index in [1.165, 1.54) is 49.6 Å². The number of carbonyl (C=O) groups is 1. The topological polar surface area (TPSA) is 84.5 Å². The average Bonchev–Trinajstić information content (AvgIpc) is 2.60. The van der Waals surface area contributed by atoms with Gasteiger partial charge >= 0.3 is 0 Å². The Labute approximate surface area is 156 Å². The first-order valence-electron chi connectivity index (χ1n) is 7.66. The fourth-order valence-electron chi connectivity index (χ4n) is 2.14. The van der Waals surface area contributed by atoms with Crippen LogP contribution < -0.4 is 14.8 Å². The molecule has 0 aliphatic heterocycles. The summed E-state index contributed by atoms with van der Waals surface area (Å²) in [5.41, 5.74) is 0.664. The minimum absolute atomic E-state index is 0.000869. The van der Waals surface area contributed by atoms with Gasteiger partial charge in [-0.3, -0.25) is 4.79 Å². The first-order chi connectivity index (χ1) is 12.3. The maximum atomic E-state index is 12.8. The van der Waals surface area contributed by atoms with E-state index in [1.54, 1.807) is 0 Å². The van der Waals surface area contributed by atoms with Gasteiger partial charge in [0.1, 0.15) is 11.6 Å². The van der Waals surface area contributed by atoms with E-state index in [1.807, 2.05) is 0 Å². The number of sulfonamides is 1. The third-order valence-electron chi connectivity index (χ3n) is 3.45. The number of ether oxygens (including phenoxy) is 1. The second-order valence-corrected chi connectivity index (χ2v) is 7.52. The highest BCUT2D eigenvalue weighted by molar-refractivity contribution is 7.89. The van der Waals surface area contributed by atoms with Gasteiger partial charge in [-0.1, -0.05) is 23.7 Å². The summed E-state index contributed by atoms with van der Waals surface area (Å²) in [6.45, 7) is 0.129. The summed E-state index contributed by atoms with van der Waals surface area (Å²) in [4.78, 5) is 11.8. The molecule has 0 heterocycles. The van der Waals surface area contributed by atoms with Crippen LogP contribution in [0.2, 0.25) is 5.02 Å². The van der Waals surface area contributed by atoms with Crippen LogP contribution in [0.5, 0.6) is 5.75 Å². The lowest BCUT2D eigenvalue weighted by molar-refractivity contribution is -0.120. The van der Waals surface area contributed by atoms with Gasteiger partial charge in [0.15, 0.2) is 0 Å². The Morgan fingerprint density at radius 1 is 1.15 bits per heavy atom. The van der Waals surface area contributed by atoms with Crippen molar-refractivity contribution in [3.8, 4) is 5.75 Å². The molecular formula is C17H18ClFN2O4S. The molecule has 0 atom stereocenters. The molecule has 9 heteroatoms. The number of hydrogen-bond acceptors (Lipinski definition) is 4. The Morgan fingerprint density at radius 3 is 2.46 bits per heavy atom. The fourth-order valence-corrected chi connectivity index (χ4v) is 3.52. The lowest BCUT2D eigenvalue weighted by atomic mass is 10.1. The molecule has 1 amide bonds. The number of rotatable bonds is 8. The van der Waals surface area contributed by atoms with Crippen molar-refractivity contribution in [3.05, 3.63) is 58.9 Å². The van der Waals surface area contributed by atoms with E-state index in [9.17, 15) is 17.6 Å². The normalized spacial score (nSPS) is 11.2. The van der Waals surface area contributed by atoms with Crippen LogP contribution in [-0.2, 0) is 21.2 Å². The molecule has 0 unspecified atom stereocenters. The first kappa shape index (κ1) is 20.2. The standard InChI is InChI=1S/C17H18ClFN2O4S/c1-25-16-7-6-14(11-15(16)18)26(23,24)21-9-8-20-17(22)10-12-2-4-13(19)5-3-12/h2-7,11,21H,8-10H2,1H3,(H,20,22). The van der Waals surface area contributed by atoms with E-state index in [0.29, 0.717) is 11.3 Å². The molecule has 0 aliphatic carbocycles. The SMILES string of the molecule is COc1ccc(S(=O)(=O)NCCNC(=O)Cc2ccc(F)cc2)cc1Cl. The zero-order valence-corrected chi connectivity index (χ0v) is 15.5. The van der Waals surface area contributed by atoms with Crippen LogP contribution in [0.25, 0.3) is 0 Å². The first-order valence-corrected chi connectivity index (χ1v) is 9.52. The average molecular weight is 401 g/mol. The summed E-state index contributed by atoms with van der Waals surface area (Å²) in [5, 5.41) is 2.78. The van der Waals surface area contributed by atoms with E-state index in [-0.39, 0.29) is 41.2 Å². The van der Waals surface area contributed by atoms with Crippen LogP contribution in [0.1, 0.15) is 5.56 Å². The zero-order valence-electron chi connectivity index (χ0n) is 14.0. The molecule has 2 aromatic carbocycles. The molecule has 0 aromatic heterocycles. The number of nitrogens with one attached hydrogen (secondary N) is 2. The predicted octanol–water partition coefficient (Wildman–Crippen LogP) is 2.12. The van der Waals surface area contributed by atoms with Gasteiger partial charge in [0.2, 0.25) is 15.9 Å². The van der Waals surface area contributed by atoms with Crippen molar-refractivity contribution >= 4 is 27.5 Å². The third-order valence-corrected chi connectivity index (χ3v) is 5.20. The van der Waals surface area contributed by atoms with Crippen molar-refractivity contribution in [1.82, 2.24) is 10.0 Å². The minimum atomic E-state index is -3.75. The molecular weight excluding hydrogens is 383 g/mol. The van der Waals surface area contributed by atoms with Crippen LogP contribution in [0.3, 0.4) is 0 Å². The summed E-state index contributed by atoms with van der Waals surface area (Å²) < 4.78 is 44.5. The van der Waals surface area contributed by atoms with Gasteiger partial charge in [-0.2, -0.15) is 0 Å². The van der Waals surface area contributed by atoms with Crippen molar-refractivity contribution in [2.24, 2.45) is 0 Å². The van der Waals surface area contributed by atoms with Gasteiger partial charge in [0, 0.05) is 13.1 Å². The summed E-state index contributed by atoms with van der Waals surface area (Å²) in [7, 11) is -2.32. The third kappa shape index (κ3) is 5.69. The molecule has 0 bridgehead atoms. The second kappa shape index (κ2) is 8.98. The van der Waals surface area contributed by atoms with Crippen LogP contribution >= 0.6 is 11.6 Å². The number of carbonyl (C=O) groups excluding carboxylic acids is 1. The minimum Gasteiger partial charge on any atom is -0.495 e. The van der Waals surface area contributed by atoms with E-state index in [0.717, 1.165) is 0 Å². The largest absolute Gasteiger partial charge is 0.495 e. The molecule has 6 nitrogen and oxygen atoms in total. The molecule has 2 N–H and O–H groups in total. The highest BCUT2D eigenvalue weighted by Crippen LogP contribution is 2.26. The fraction of sp³-hybridized carbons (Fsp3) is 0.235.